The van der Waals surface area contributed by atoms with Crippen molar-refractivity contribution in [3.8, 4) is 0 Å². The van der Waals surface area contributed by atoms with E-state index in [1.807, 2.05) is 6.92 Å². The van der Waals surface area contributed by atoms with Crippen molar-refractivity contribution in [2.24, 2.45) is 0 Å². The van der Waals surface area contributed by atoms with E-state index in [4.69, 9.17) is 12.7 Å². The Hall–Kier alpha value is 0.531. The van der Waals surface area contributed by atoms with Crippen molar-refractivity contribution in [2.45, 2.75) is 52.5 Å². The number of hydrogen-bond acceptors (Lipinski definition) is 3. The first-order valence-corrected chi connectivity index (χ1v) is 12.3. The van der Waals surface area contributed by atoms with Crippen molar-refractivity contribution in [2.75, 3.05) is 6.61 Å². The average Bonchev–Trinajstić information content (AvgIpc) is 2.01. The lowest BCUT2D eigenvalue weighted by Gasteiger charge is -2.32. The molecule has 15 heavy (non-hydrogen) atoms. The van der Waals surface area contributed by atoms with Gasteiger partial charge in [-0.1, -0.05) is 13.3 Å². The largest absolute Gasteiger partial charge is 0.479 e. The fourth-order valence-electron chi connectivity index (χ4n) is 1.40. The van der Waals surface area contributed by atoms with E-state index < -0.39 is 26.9 Å². The van der Waals surface area contributed by atoms with E-state index in [1.165, 1.54) is 0 Å². The fourth-order valence-corrected chi connectivity index (χ4v) is 9.40. The number of rotatable bonds is 8. The van der Waals surface area contributed by atoms with Gasteiger partial charge in [0, 0.05) is 12.7 Å². The summed E-state index contributed by atoms with van der Waals surface area (Å²) in [4.78, 5) is 0. The van der Waals surface area contributed by atoms with Crippen LogP contribution in [0.1, 0.15) is 20.3 Å². The van der Waals surface area contributed by atoms with Gasteiger partial charge in [-0.25, -0.2) is 0 Å². The lowest BCUT2D eigenvalue weighted by molar-refractivity contribution is 0.175. The van der Waals surface area contributed by atoms with Crippen LogP contribution in [-0.4, -0.2) is 33.5 Å². The molecule has 3 nitrogen and oxygen atoms in total. The Kier molecular flexibility index (Phi) is 8.02. The van der Waals surface area contributed by atoms with E-state index in [-0.39, 0.29) is 0 Å². The Labute approximate surface area is 99.0 Å². The lowest BCUT2D eigenvalue weighted by Crippen LogP contribution is -2.50. The minimum atomic E-state index is -2.33. The van der Waals surface area contributed by atoms with Gasteiger partial charge in [-0.2, -0.15) is 0 Å². The summed E-state index contributed by atoms with van der Waals surface area (Å²) in [5.41, 5.74) is 0. The van der Waals surface area contributed by atoms with Crippen LogP contribution in [0.2, 0.25) is 32.2 Å². The molecule has 0 saturated heterocycles. The number of hydrogen-bond donors (Lipinski definition) is 0. The van der Waals surface area contributed by atoms with E-state index in [2.05, 4.69) is 33.1 Å². The summed E-state index contributed by atoms with van der Waals surface area (Å²) in [5, 5.41) is 0. The fraction of sp³-hybridized carbons (Fsp3) is 1.00. The predicted octanol–water partition coefficient (Wildman–Crippen LogP) is 2.91. The van der Waals surface area contributed by atoms with Gasteiger partial charge < -0.3 is 12.7 Å². The van der Waals surface area contributed by atoms with Crippen LogP contribution in [-0.2, 0) is 12.7 Å². The van der Waals surface area contributed by atoms with Crippen LogP contribution >= 0.6 is 0 Å². The van der Waals surface area contributed by atoms with Gasteiger partial charge in [-0.15, -0.1) is 0 Å². The van der Waals surface area contributed by atoms with Crippen molar-refractivity contribution < 1.29 is 12.7 Å². The Bertz CT molecular complexity index is 147. The molecule has 0 saturated carbocycles. The van der Waals surface area contributed by atoms with Crippen molar-refractivity contribution in [3.05, 3.63) is 0 Å². The monoisotopic (exact) mass is 264 g/mol. The molecule has 0 fully saturated rings. The zero-order chi connectivity index (χ0) is 11.9. The molecule has 0 aliphatic carbocycles. The van der Waals surface area contributed by atoms with Gasteiger partial charge in [-0.05, 0) is 33.1 Å². The third-order valence-corrected chi connectivity index (χ3v) is 9.23. The molecule has 0 unspecified atom stereocenters. The second-order valence-corrected chi connectivity index (χ2v) is 11.3. The molecule has 90 valence electrons. The highest BCUT2D eigenvalue weighted by Crippen LogP contribution is 2.20. The summed E-state index contributed by atoms with van der Waals surface area (Å²) in [6.45, 7) is 13.4. The Morgan fingerprint density at radius 3 is 1.67 bits per heavy atom. The minimum absolute atomic E-state index is 0.691. The highest BCUT2D eigenvalue weighted by atomic mass is 28.5. The SMILES string of the molecule is CCC[Si](OCC)(O[Si](C)C)O[Si](C)C. The third-order valence-electron chi connectivity index (χ3n) is 1.64. The predicted molar refractivity (Wildman–Crippen MR) is 69.6 cm³/mol. The molecule has 0 aliphatic rings. The summed E-state index contributed by atoms with van der Waals surface area (Å²) in [7, 11) is -3.83. The van der Waals surface area contributed by atoms with Crippen LogP contribution in [0.3, 0.4) is 0 Å². The first-order valence-electron chi connectivity index (χ1n) is 5.58. The summed E-state index contributed by atoms with van der Waals surface area (Å²) in [6.07, 6.45) is 1.07. The summed E-state index contributed by atoms with van der Waals surface area (Å²) in [5.74, 6) is 0. The molecule has 0 heterocycles. The molecule has 0 atom stereocenters. The van der Waals surface area contributed by atoms with Crippen molar-refractivity contribution in [1.82, 2.24) is 0 Å². The van der Waals surface area contributed by atoms with Gasteiger partial charge in [-0.3, -0.25) is 0 Å². The molecular formula is C9H24O3Si3. The third kappa shape index (κ3) is 6.64. The highest BCUT2D eigenvalue weighted by Gasteiger charge is 2.41. The van der Waals surface area contributed by atoms with E-state index >= 15 is 0 Å². The highest BCUT2D eigenvalue weighted by molar-refractivity contribution is 6.75. The average molecular weight is 265 g/mol. The van der Waals surface area contributed by atoms with Crippen LogP contribution in [0, 0.1) is 0 Å². The van der Waals surface area contributed by atoms with E-state index in [1.54, 1.807) is 0 Å². The van der Waals surface area contributed by atoms with Crippen LogP contribution in [0.15, 0.2) is 0 Å². The molecular weight excluding hydrogens is 240 g/mol. The molecule has 0 aromatic carbocycles. The van der Waals surface area contributed by atoms with Crippen molar-refractivity contribution in [3.63, 3.8) is 0 Å². The summed E-state index contributed by atoms with van der Waals surface area (Å²) in [6, 6.07) is 0.951. The first-order chi connectivity index (χ1) is 6.95. The smallest absolute Gasteiger partial charge is 0.416 e. The van der Waals surface area contributed by atoms with E-state index in [0.29, 0.717) is 6.61 Å². The van der Waals surface area contributed by atoms with Gasteiger partial charge in [0.25, 0.3) is 0 Å². The summed E-state index contributed by atoms with van der Waals surface area (Å²) >= 11 is 0. The molecule has 0 aliphatic heterocycles. The molecule has 0 rings (SSSR count). The van der Waals surface area contributed by atoms with E-state index in [9.17, 15) is 0 Å². The van der Waals surface area contributed by atoms with Crippen molar-refractivity contribution in [1.29, 1.82) is 0 Å². The van der Waals surface area contributed by atoms with Gasteiger partial charge in [0.2, 0.25) is 0 Å². The molecule has 0 aromatic rings. The maximum atomic E-state index is 6.05. The van der Waals surface area contributed by atoms with Gasteiger partial charge >= 0.3 is 8.80 Å². The second kappa shape index (κ2) is 7.75. The first kappa shape index (κ1) is 15.5. The second-order valence-electron chi connectivity index (χ2n) is 3.89. The van der Waals surface area contributed by atoms with Gasteiger partial charge in [0.05, 0.1) is 0 Å². The topological polar surface area (TPSA) is 27.7 Å². The molecule has 6 heteroatoms. The molecule has 0 bridgehead atoms. The van der Waals surface area contributed by atoms with Crippen LogP contribution in [0.4, 0.5) is 0 Å². The van der Waals surface area contributed by atoms with E-state index in [0.717, 1.165) is 12.5 Å². The normalized spacial score (nSPS) is 12.8. The molecule has 0 N–H and O–H groups in total. The van der Waals surface area contributed by atoms with Crippen LogP contribution in [0.5, 0.6) is 0 Å². The van der Waals surface area contributed by atoms with Gasteiger partial charge in [0.1, 0.15) is 0 Å². The molecule has 0 amide bonds. The maximum Gasteiger partial charge on any atom is 0.479 e. The van der Waals surface area contributed by atoms with Crippen LogP contribution < -0.4 is 0 Å². The Morgan fingerprint density at radius 1 is 0.933 bits per heavy atom. The molecule has 0 spiro atoms. The molecule has 0 aromatic heterocycles. The zero-order valence-corrected chi connectivity index (χ0v) is 13.8. The minimum Gasteiger partial charge on any atom is -0.416 e. The lowest BCUT2D eigenvalue weighted by atomic mass is 10.6. The standard InChI is InChI=1S/C9H24O3Si3/c1-7-9-15(10-8-2,11-13(3)4)12-14(5)6/h7-9H2,1-6H3. The zero-order valence-electron chi connectivity index (χ0n) is 10.8. The maximum absolute atomic E-state index is 6.05. The van der Waals surface area contributed by atoms with Crippen molar-refractivity contribution >= 4 is 26.9 Å². The summed E-state index contributed by atoms with van der Waals surface area (Å²) < 4.78 is 17.9. The Balaban J connectivity index is 4.55. The van der Waals surface area contributed by atoms with Crippen LogP contribution in [0.25, 0.3) is 0 Å². The Morgan fingerprint density at radius 2 is 1.40 bits per heavy atom. The quantitative estimate of drug-likeness (QED) is 0.631. The molecule has 2 radical (unpaired) electrons. The van der Waals surface area contributed by atoms with Gasteiger partial charge in [0.15, 0.2) is 18.1 Å².